The zero-order valence-electron chi connectivity index (χ0n) is 13.3. The Kier molecular flexibility index (Phi) is 4.32. The summed E-state index contributed by atoms with van der Waals surface area (Å²) in [5.41, 5.74) is 1.05. The first kappa shape index (κ1) is 15.4. The third kappa shape index (κ3) is 3.20. The molecule has 2 aromatic heterocycles. The molecule has 4 rings (SSSR count). The molecule has 0 aliphatic carbocycles. The molecule has 5 nitrogen and oxygen atoms in total. The van der Waals surface area contributed by atoms with Crippen molar-refractivity contribution in [3.05, 3.63) is 53.4 Å². The summed E-state index contributed by atoms with van der Waals surface area (Å²) in [5.74, 6) is 0.798. The maximum absolute atomic E-state index is 12.2. The lowest BCUT2D eigenvalue weighted by atomic mass is 10.2. The van der Waals surface area contributed by atoms with Gasteiger partial charge in [0.25, 0.3) is 0 Å². The van der Waals surface area contributed by atoms with E-state index in [0.717, 1.165) is 35.7 Å². The van der Waals surface area contributed by atoms with Gasteiger partial charge in [-0.05, 0) is 43.7 Å². The molecule has 1 amide bonds. The van der Waals surface area contributed by atoms with Crippen LogP contribution in [0.2, 0.25) is 0 Å². The minimum absolute atomic E-state index is 0.0272. The Bertz CT molecular complexity index is 795. The van der Waals surface area contributed by atoms with Crippen molar-refractivity contribution < 1.29 is 9.21 Å². The number of fused-ring (bicyclic) bond motifs is 1. The lowest BCUT2D eigenvalue weighted by Gasteiger charge is -2.21. The summed E-state index contributed by atoms with van der Waals surface area (Å²) in [5, 5.41) is 4.04. The Labute approximate surface area is 144 Å². The van der Waals surface area contributed by atoms with Crippen molar-refractivity contribution in [2.75, 3.05) is 13.1 Å². The van der Waals surface area contributed by atoms with E-state index >= 15 is 0 Å². The van der Waals surface area contributed by atoms with E-state index in [0.29, 0.717) is 13.1 Å². The third-order valence-electron chi connectivity index (χ3n) is 4.35. The molecule has 1 N–H and O–H groups in total. The number of carbonyl (C=O) groups excluding carboxylic acids is 1. The monoisotopic (exact) mass is 341 g/mol. The van der Waals surface area contributed by atoms with Crippen molar-refractivity contribution in [3.8, 4) is 0 Å². The maximum atomic E-state index is 12.2. The van der Waals surface area contributed by atoms with Crippen LogP contribution < -0.4 is 5.32 Å². The topological polar surface area (TPSA) is 58.4 Å². The highest BCUT2D eigenvalue weighted by Crippen LogP contribution is 2.36. The summed E-state index contributed by atoms with van der Waals surface area (Å²) < 4.78 is 6.45. The lowest BCUT2D eigenvalue weighted by molar-refractivity contribution is -0.122. The number of hydrogen-bond acceptors (Lipinski definition) is 5. The fourth-order valence-corrected chi connectivity index (χ4v) is 4.30. The molecule has 3 aromatic rings. The molecule has 3 heterocycles. The lowest BCUT2D eigenvalue weighted by Crippen LogP contribution is -2.36. The van der Waals surface area contributed by atoms with E-state index in [-0.39, 0.29) is 11.9 Å². The van der Waals surface area contributed by atoms with Crippen LogP contribution >= 0.6 is 11.3 Å². The van der Waals surface area contributed by atoms with Gasteiger partial charge in [0.05, 0.1) is 35.6 Å². The van der Waals surface area contributed by atoms with Crippen LogP contribution in [0.25, 0.3) is 10.2 Å². The fourth-order valence-electron chi connectivity index (χ4n) is 3.17. The SMILES string of the molecule is O=C(CN1CCC[C@@H]1c1nc2ccccc2s1)NCc1ccco1. The number of benzene rings is 1. The number of para-hydroxylation sites is 1. The molecule has 0 saturated carbocycles. The second-order valence-electron chi connectivity index (χ2n) is 6.00. The van der Waals surface area contributed by atoms with Crippen LogP contribution in [0.15, 0.2) is 47.1 Å². The summed E-state index contributed by atoms with van der Waals surface area (Å²) >= 11 is 1.74. The fraction of sp³-hybridized carbons (Fsp3) is 0.333. The maximum Gasteiger partial charge on any atom is 0.234 e. The van der Waals surface area contributed by atoms with E-state index in [2.05, 4.69) is 16.3 Å². The number of nitrogens with zero attached hydrogens (tertiary/aromatic N) is 2. The average Bonchev–Trinajstić information content (AvgIpc) is 3.32. The number of amides is 1. The molecule has 1 saturated heterocycles. The smallest absolute Gasteiger partial charge is 0.234 e. The molecular weight excluding hydrogens is 322 g/mol. The predicted octanol–water partition coefficient (Wildman–Crippen LogP) is 3.34. The first-order valence-corrected chi connectivity index (χ1v) is 9.00. The molecule has 1 aliphatic rings. The second kappa shape index (κ2) is 6.75. The molecule has 0 bridgehead atoms. The molecule has 6 heteroatoms. The molecule has 24 heavy (non-hydrogen) atoms. The predicted molar refractivity (Wildman–Crippen MR) is 93.7 cm³/mol. The Morgan fingerprint density at radius 3 is 3.08 bits per heavy atom. The largest absolute Gasteiger partial charge is 0.467 e. The first-order valence-electron chi connectivity index (χ1n) is 8.18. The van der Waals surface area contributed by atoms with Gasteiger partial charge in [0.1, 0.15) is 10.8 Å². The van der Waals surface area contributed by atoms with Crippen LogP contribution in [0.1, 0.15) is 29.7 Å². The van der Waals surface area contributed by atoms with E-state index in [9.17, 15) is 4.79 Å². The molecule has 0 unspecified atom stereocenters. The number of nitrogens with one attached hydrogen (secondary N) is 1. The van der Waals surface area contributed by atoms with Crippen LogP contribution in [-0.2, 0) is 11.3 Å². The van der Waals surface area contributed by atoms with Gasteiger partial charge in [-0.15, -0.1) is 11.3 Å². The van der Waals surface area contributed by atoms with E-state index in [4.69, 9.17) is 9.40 Å². The van der Waals surface area contributed by atoms with Crippen LogP contribution in [0.5, 0.6) is 0 Å². The summed E-state index contributed by atoms with van der Waals surface area (Å²) in [4.78, 5) is 19.2. The Hall–Kier alpha value is -2.18. The van der Waals surface area contributed by atoms with Gasteiger partial charge < -0.3 is 9.73 Å². The summed E-state index contributed by atoms with van der Waals surface area (Å²) in [6.45, 7) is 1.78. The van der Waals surface area contributed by atoms with Gasteiger partial charge in [-0.25, -0.2) is 4.98 Å². The van der Waals surface area contributed by atoms with Crippen LogP contribution in [0.3, 0.4) is 0 Å². The van der Waals surface area contributed by atoms with E-state index < -0.39 is 0 Å². The zero-order valence-corrected chi connectivity index (χ0v) is 14.1. The number of aromatic nitrogens is 1. The number of rotatable bonds is 5. The summed E-state index contributed by atoms with van der Waals surface area (Å²) in [6, 6.07) is 12.1. The highest BCUT2D eigenvalue weighted by molar-refractivity contribution is 7.18. The standard InChI is InChI=1S/C18H19N3O2S/c22-17(19-11-13-5-4-10-23-13)12-21-9-3-7-15(21)18-20-14-6-1-2-8-16(14)24-18/h1-2,4-6,8,10,15H,3,7,9,11-12H2,(H,19,22)/t15-/m1/s1. The summed E-state index contributed by atoms with van der Waals surface area (Å²) in [7, 11) is 0. The number of thiazole rings is 1. The highest BCUT2D eigenvalue weighted by atomic mass is 32.1. The van der Waals surface area contributed by atoms with E-state index in [1.165, 1.54) is 4.70 Å². The second-order valence-corrected chi connectivity index (χ2v) is 7.07. The van der Waals surface area contributed by atoms with Crippen molar-refractivity contribution in [3.63, 3.8) is 0 Å². The highest BCUT2D eigenvalue weighted by Gasteiger charge is 2.29. The Balaban J connectivity index is 1.41. The minimum Gasteiger partial charge on any atom is -0.467 e. The van der Waals surface area contributed by atoms with Gasteiger partial charge in [0.2, 0.25) is 5.91 Å². The first-order chi connectivity index (χ1) is 11.8. The van der Waals surface area contributed by atoms with Crippen molar-refractivity contribution in [2.45, 2.75) is 25.4 Å². The normalized spacial score (nSPS) is 18.2. The van der Waals surface area contributed by atoms with Gasteiger partial charge in [0, 0.05) is 0 Å². The van der Waals surface area contributed by atoms with Crippen molar-refractivity contribution >= 4 is 27.5 Å². The number of likely N-dealkylation sites (tertiary alicyclic amines) is 1. The average molecular weight is 341 g/mol. The summed E-state index contributed by atoms with van der Waals surface area (Å²) in [6.07, 6.45) is 3.78. The molecule has 124 valence electrons. The molecule has 0 spiro atoms. The molecular formula is C18H19N3O2S. The molecule has 1 atom stereocenters. The van der Waals surface area contributed by atoms with Crippen LogP contribution in [0, 0.1) is 0 Å². The Morgan fingerprint density at radius 1 is 1.33 bits per heavy atom. The molecule has 1 fully saturated rings. The number of furan rings is 1. The van der Waals surface area contributed by atoms with Gasteiger partial charge in [0.15, 0.2) is 0 Å². The van der Waals surface area contributed by atoms with Crippen molar-refractivity contribution in [1.29, 1.82) is 0 Å². The number of carbonyl (C=O) groups is 1. The Morgan fingerprint density at radius 2 is 2.25 bits per heavy atom. The van der Waals surface area contributed by atoms with Crippen molar-refractivity contribution in [2.24, 2.45) is 0 Å². The van der Waals surface area contributed by atoms with Gasteiger partial charge in [-0.3, -0.25) is 9.69 Å². The molecule has 1 aliphatic heterocycles. The third-order valence-corrected chi connectivity index (χ3v) is 5.48. The van der Waals surface area contributed by atoms with E-state index in [1.807, 2.05) is 30.3 Å². The van der Waals surface area contributed by atoms with Gasteiger partial charge in [-0.1, -0.05) is 12.1 Å². The van der Waals surface area contributed by atoms with Gasteiger partial charge in [-0.2, -0.15) is 0 Å². The van der Waals surface area contributed by atoms with Crippen LogP contribution in [0.4, 0.5) is 0 Å². The number of hydrogen-bond donors (Lipinski definition) is 1. The minimum atomic E-state index is 0.0272. The molecule has 0 radical (unpaired) electrons. The zero-order chi connectivity index (χ0) is 16.4. The quantitative estimate of drug-likeness (QED) is 0.773. The van der Waals surface area contributed by atoms with E-state index in [1.54, 1.807) is 17.6 Å². The van der Waals surface area contributed by atoms with Crippen LogP contribution in [-0.4, -0.2) is 28.9 Å². The van der Waals surface area contributed by atoms with Gasteiger partial charge >= 0.3 is 0 Å². The van der Waals surface area contributed by atoms with Crippen molar-refractivity contribution in [1.82, 2.24) is 15.2 Å². The molecule has 1 aromatic carbocycles.